The van der Waals surface area contributed by atoms with Gasteiger partial charge in [0.2, 0.25) is 5.95 Å². The Morgan fingerprint density at radius 2 is 2.27 bits per heavy atom. The molecule has 0 spiro atoms. The molecule has 3 N–H and O–H groups in total. The lowest BCUT2D eigenvalue weighted by molar-refractivity contribution is 0.208. The second-order valence-corrected chi connectivity index (χ2v) is 3.56. The second kappa shape index (κ2) is 5.72. The minimum absolute atomic E-state index is 0.405. The van der Waals surface area contributed by atoms with Gasteiger partial charge >= 0.3 is 0 Å². The van der Waals surface area contributed by atoms with Crippen molar-refractivity contribution in [2.75, 3.05) is 23.7 Å². The third-order valence-electron chi connectivity index (χ3n) is 1.64. The number of hydrogen-bond acceptors (Lipinski definition) is 5. The van der Waals surface area contributed by atoms with Gasteiger partial charge in [-0.3, -0.25) is 0 Å². The van der Waals surface area contributed by atoms with E-state index in [0.717, 1.165) is 6.54 Å². The zero-order valence-electron chi connectivity index (χ0n) is 8.79. The van der Waals surface area contributed by atoms with Crippen molar-refractivity contribution < 1.29 is 5.11 Å². The Bertz CT molecular complexity index is 319. The van der Waals surface area contributed by atoms with Crippen molar-refractivity contribution in [2.24, 2.45) is 0 Å². The number of nitrogens with zero attached hydrogens (tertiary/aromatic N) is 2. The van der Waals surface area contributed by atoms with E-state index in [1.54, 1.807) is 6.92 Å². The van der Waals surface area contributed by atoms with Crippen LogP contribution in [0.5, 0.6) is 0 Å². The van der Waals surface area contributed by atoms with Crippen molar-refractivity contribution in [3.63, 3.8) is 0 Å². The molecular formula is C9H15ClN4O. The smallest absolute Gasteiger partial charge is 0.224 e. The zero-order chi connectivity index (χ0) is 11.3. The molecule has 0 saturated carbocycles. The van der Waals surface area contributed by atoms with Gasteiger partial charge in [-0.2, -0.15) is 4.98 Å². The fourth-order valence-corrected chi connectivity index (χ4v) is 1.14. The maximum absolute atomic E-state index is 9.11. The summed E-state index contributed by atoms with van der Waals surface area (Å²) in [7, 11) is 0. The van der Waals surface area contributed by atoms with Crippen LogP contribution in [0.25, 0.3) is 0 Å². The third kappa shape index (κ3) is 3.89. The summed E-state index contributed by atoms with van der Waals surface area (Å²) < 4.78 is 0. The van der Waals surface area contributed by atoms with Crippen LogP contribution >= 0.6 is 11.6 Å². The molecular weight excluding hydrogens is 216 g/mol. The molecule has 0 radical (unpaired) electrons. The summed E-state index contributed by atoms with van der Waals surface area (Å²) >= 11 is 5.88. The summed E-state index contributed by atoms with van der Waals surface area (Å²) in [6.45, 7) is 4.80. The Kier molecular flexibility index (Phi) is 4.58. The number of aromatic nitrogens is 2. The highest BCUT2D eigenvalue weighted by Gasteiger charge is 2.05. The van der Waals surface area contributed by atoms with Crippen LogP contribution in [-0.4, -0.2) is 34.3 Å². The lowest BCUT2D eigenvalue weighted by atomic mass is 10.4. The van der Waals surface area contributed by atoms with Crippen LogP contribution in [0.4, 0.5) is 11.8 Å². The fraction of sp³-hybridized carbons (Fsp3) is 0.556. The highest BCUT2D eigenvalue weighted by atomic mass is 35.5. The van der Waals surface area contributed by atoms with E-state index in [4.69, 9.17) is 16.7 Å². The van der Waals surface area contributed by atoms with E-state index in [0.29, 0.717) is 23.3 Å². The Morgan fingerprint density at radius 3 is 2.87 bits per heavy atom. The van der Waals surface area contributed by atoms with Gasteiger partial charge in [0, 0.05) is 13.1 Å². The maximum Gasteiger partial charge on any atom is 0.224 e. The molecule has 84 valence electrons. The van der Waals surface area contributed by atoms with Gasteiger partial charge in [-0.05, 0) is 13.8 Å². The standard InChI is InChI=1S/C9H15ClN4O/c1-3-11-9-13-5-7(10)8(14-9)12-4-6(2)15/h5-6,15H,3-4H2,1-2H3,(H2,11,12,13,14). The summed E-state index contributed by atoms with van der Waals surface area (Å²) in [6, 6.07) is 0. The average Bonchev–Trinajstić information content (AvgIpc) is 2.19. The van der Waals surface area contributed by atoms with E-state index in [2.05, 4.69) is 20.6 Å². The summed E-state index contributed by atoms with van der Waals surface area (Å²) in [5.41, 5.74) is 0. The van der Waals surface area contributed by atoms with Crippen LogP contribution < -0.4 is 10.6 Å². The first-order valence-electron chi connectivity index (χ1n) is 4.81. The number of nitrogens with one attached hydrogen (secondary N) is 2. The number of halogens is 1. The second-order valence-electron chi connectivity index (χ2n) is 3.15. The summed E-state index contributed by atoms with van der Waals surface area (Å²) in [6.07, 6.45) is 1.08. The normalized spacial score (nSPS) is 12.3. The Balaban J connectivity index is 2.71. The maximum atomic E-state index is 9.11. The van der Waals surface area contributed by atoms with Crippen molar-refractivity contribution in [1.82, 2.24) is 9.97 Å². The molecule has 0 aromatic carbocycles. The minimum atomic E-state index is -0.446. The first-order chi connectivity index (χ1) is 7.13. The topological polar surface area (TPSA) is 70.1 Å². The van der Waals surface area contributed by atoms with E-state index in [-0.39, 0.29) is 0 Å². The Labute approximate surface area is 93.9 Å². The van der Waals surface area contributed by atoms with Gasteiger partial charge in [-0.25, -0.2) is 4.98 Å². The predicted octanol–water partition coefficient (Wildman–Crippen LogP) is 1.35. The first-order valence-corrected chi connectivity index (χ1v) is 5.19. The van der Waals surface area contributed by atoms with Crippen LogP contribution in [-0.2, 0) is 0 Å². The van der Waals surface area contributed by atoms with E-state index in [9.17, 15) is 0 Å². The number of aliphatic hydroxyl groups is 1. The molecule has 1 atom stereocenters. The summed E-state index contributed by atoms with van der Waals surface area (Å²) in [5, 5.41) is 15.5. The van der Waals surface area contributed by atoms with Gasteiger partial charge in [-0.15, -0.1) is 0 Å². The summed E-state index contributed by atoms with van der Waals surface area (Å²) in [5.74, 6) is 1.05. The van der Waals surface area contributed by atoms with Crippen molar-refractivity contribution >= 4 is 23.4 Å². The van der Waals surface area contributed by atoms with Crippen LogP contribution in [0.15, 0.2) is 6.20 Å². The Morgan fingerprint density at radius 1 is 1.53 bits per heavy atom. The molecule has 15 heavy (non-hydrogen) atoms. The molecule has 0 fully saturated rings. The number of anilines is 2. The van der Waals surface area contributed by atoms with Crippen LogP contribution in [0.2, 0.25) is 5.02 Å². The number of rotatable bonds is 5. The quantitative estimate of drug-likeness (QED) is 0.713. The molecule has 5 nitrogen and oxygen atoms in total. The zero-order valence-corrected chi connectivity index (χ0v) is 9.54. The van der Waals surface area contributed by atoms with Crippen molar-refractivity contribution in [3.8, 4) is 0 Å². The van der Waals surface area contributed by atoms with Crippen LogP contribution in [0.3, 0.4) is 0 Å². The molecule has 1 aromatic rings. The third-order valence-corrected chi connectivity index (χ3v) is 1.92. The largest absolute Gasteiger partial charge is 0.392 e. The van der Waals surface area contributed by atoms with E-state index < -0.39 is 6.10 Å². The molecule has 1 aromatic heterocycles. The van der Waals surface area contributed by atoms with E-state index >= 15 is 0 Å². The summed E-state index contributed by atoms with van der Waals surface area (Å²) in [4.78, 5) is 8.16. The van der Waals surface area contributed by atoms with Gasteiger partial charge in [0.05, 0.1) is 12.3 Å². The average molecular weight is 231 g/mol. The first kappa shape index (κ1) is 12.0. The molecule has 0 aliphatic rings. The SMILES string of the molecule is CCNc1ncc(Cl)c(NCC(C)O)n1. The molecule has 1 unspecified atom stereocenters. The number of hydrogen-bond donors (Lipinski definition) is 3. The number of aliphatic hydroxyl groups excluding tert-OH is 1. The van der Waals surface area contributed by atoms with Gasteiger partial charge in [0.1, 0.15) is 5.02 Å². The van der Waals surface area contributed by atoms with Crippen molar-refractivity contribution in [1.29, 1.82) is 0 Å². The molecule has 1 rings (SSSR count). The van der Waals surface area contributed by atoms with Gasteiger partial charge < -0.3 is 15.7 Å². The molecule has 0 bridgehead atoms. The molecule has 6 heteroatoms. The fourth-order valence-electron chi connectivity index (χ4n) is 0.979. The van der Waals surface area contributed by atoms with Gasteiger partial charge in [0.15, 0.2) is 5.82 Å². The van der Waals surface area contributed by atoms with Crippen molar-refractivity contribution in [2.45, 2.75) is 20.0 Å². The highest BCUT2D eigenvalue weighted by molar-refractivity contribution is 6.32. The molecule has 0 saturated heterocycles. The Hall–Kier alpha value is -1.07. The van der Waals surface area contributed by atoms with Crippen LogP contribution in [0, 0.1) is 0 Å². The lowest BCUT2D eigenvalue weighted by Gasteiger charge is -2.10. The van der Waals surface area contributed by atoms with Gasteiger partial charge in [-0.1, -0.05) is 11.6 Å². The minimum Gasteiger partial charge on any atom is -0.392 e. The lowest BCUT2D eigenvalue weighted by Crippen LogP contribution is -2.17. The molecule has 0 aliphatic carbocycles. The molecule has 0 aliphatic heterocycles. The monoisotopic (exact) mass is 230 g/mol. The van der Waals surface area contributed by atoms with E-state index in [1.165, 1.54) is 6.20 Å². The van der Waals surface area contributed by atoms with Gasteiger partial charge in [0.25, 0.3) is 0 Å². The van der Waals surface area contributed by atoms with E-state index in [1.807, 2.05) is 6.92 Å². The predicted molar refractivity (Wildman–Crippen MR) is 61.4 cm³/mol. The molecule has 1 heterocycles. The molecule has 0 amide bonds. The highest BCUT2D eigenvalue weighted by Crippen LogP contribution is 2.18. The van der Waals surface area contributed by atoms with Crippen molar-refractivity contribution in [3.05, 3.63) is 11.2 Å². The van der Waals surface area contributed by atoms with Crippen LogP contribution in [0.1, 0.15) is 13.8 Å².